The summed E-state index contributed by atoms with van der Waals surface area (Å²) >= 11 is 12.1. The van der Waals surface area contributed by atoms with Gasteiger partial charge >= 0.3 is 0 Å². The van der Waals surface area contributed by atoms with Crippen LogP contribution in [0.15, 0.2) is 32.4 Å². The molecule has 0 radical (unpaired) electrons. The molecule has 0 unspecified atom stereocenters. The lowest BCUT2D eigenvalue weighted by molar-refractivity contribution is 0.239. The van der Waals surface area contributed by atoms with Crippen molar-refractivity contribution in [3.8, 4) is 0 Å². The van der Waals surface area contributed by atoms with Gasteiger partial charge in [0.15, 0.2) is 11.0 Å². The van der Waals surface area contributed by atoms with Crippen molar-refractivity contribution in [3.63, 3.8) is 0 Å². The molecule has 134 valence electrons. The van der Waals surface area contributed by atoms with Gasteiger partial charge in [0.25, 0.3) is 5.56 Å². The molecular formula is C17H14Cl2N4O3. The Hall–Kier alpha value is -2.35. The second-order valence-electron chi connectivity index (χ2n) is 6.19. The Kier molecular flexibility index (Phi) is 4.22. The van der Waals surface area contributed by atoms with E-state index < -0.39 is 0 Å². The number of H-pyrrole nitrogens is 1. The zero-order valence-corrected chi connectivity index (χ0v) is 15.0. The molecule has 3 N–H and O–H groups in total. The number of hydrogen-bond acceptors (Lipinski definition) is 6. The number of halogens is 2. The zero-order valence-electron chi connectivity index (χ0n) is 13.5. The Morgan fingerprint density at radius 1 is 1.31 bits per heavy atom. The van der Waals surface area contributed by atoms with Crippen molar-refractivity contribution in [2.24, 2.45) is 0 Å². The van der Waals surface area contributed by atoms with Crippen LogP contribution in [-0.2, 0) is 19.5 Å². The van der Waals surface area contributed by atoms with Gasteiger partial charge in [-0.25, -0.2) is 4.98 Å². The Bertz CT molecular complexity index is 1140. The van der Waals surface area contributed by atoms with Gasteiger partial charge in [0.05, 0.1) is 27.9 Å². The maximum atomic E-state index is 12.8. The first kappa shape index (κ1) is 17.1. The van der Waals surface area contributed by atoms with Crippen molar-refractivity contribution in [1.29, 1.82) is 0 Å². The molecule has 0 amide bonds. The summed E-state index contributed by atoms with van der Waals surface area (Å²) in [6.45, 7) is 1.37. The highest BCUT2D eigenvalue weighted by Crippen LogP contribution is 2.26. The van der Waals surface area contributed by atoms with Crippen molar-refractivity contribution >= 4 is 40.1 Å². The molecule has 1 aromatic carbocycles. The third kappa shape index (κ3) is 2.98. The fourth-order valence-electron chi connectivity index (χ4n) is 3.19. The first-order valence-electron chi connectivity index (χ1n) is 7.91. The Labute approximate surface area is 157 Å². The maximum Gasteiger partial charge on any atom is 0.257 e. The summed E-state index contributed by atoms with van der Waals surface area (Å²) in [7, 11) is 0. The number of nitrogens with two attached hydrogens (primary N) is 1. The van der Waals surface area contributed by atoms with E-state index in [2.05, 4.69) is 9.97 Å². The minimum absolute atomic E-state index is 0.117. The van der Waals surface area contributed by atoms with Gasteiger partial charge in [0, 0.05) is 36.6 Å². The molecule has 0 aliphatic carbocycles. The monoisotopic (exact) mass is 392 g/mol. The standard InChI is InChI=1S/C17H14Cl2N4O3/c18-9-3-10-14(24)8(7-26-15(10)12(19)4-9)5-23-2-1-13-11(6-23)16(25)22-17(20)21-13/h3-4,7H,1-2,5-6H2,(H3,20,21,22,25). The molecule has 0 bridgehead atoms. The number of aromatic amines is 1. The van der Waals surface area contributed by atoms with Crippen LogP contribution in [0, 0.1) is 0 Å². The van der Waals surface area contributed by atoms with Crippen molar-refractivity contribution in [2.75, 3.05) is 12.3 Å². The van der Waals surface area contributed by atoms with Crippen LogP contribution in [0.25, 0.3) is 11.0 Å². The topological polar surface area (TPSA) is 105 Å². The minimum atomic E-state index is -0.249. The van der Waals surface area contributed by atoms with E-state index in [1.54, 1.807) is 6.07 Å². The van der Waals surface area contributed by atoms with Gasteiger partial charge in [-0.1, -0.05) is 23.2 Å². The second kappa shape index (κ2) is 6.42. The molecule has 3 aromatic rings. The predicted octanol–water partition coefficient (Wildman–Crippen LogP) is 2.32. The lowest BCUT2D eigenvalue weighted by Crippen LogP contribution is -2.36. The number of benzene rings is 1. The zero-order chi connectivity index (χ0) is 18.4. The molecule has 9 heteroatoms. The molecular weight excluding hydrogens is 379 g/mol. The molecule has 0 saturated heterocycles. The summed E-state index contributed by atoms with van der Waals surface area (Å²) in [4.78, 5) is 33.5. The molecule has 0 fully saturated rings. The summed E-state index contributed by atoms with van der Waals surface area (Å²) in [6.07, 6.45) is 1.99. The highest BCUT2D eigenvalue weighted by atomic mass is 35.5. The third-order valence-electron chi connectivity index (χ3n) is 4.42. The molecule has 7 nitrogen and oxygen atoms in total. The lowest BCUT2D eigenvalue weighted by atomic mass is 10.1. The van der Waals surface area contributed by atoms with Gasteiger partial charge < -0.3 is 10.2 Å². The van der Waals surface area contributed by atoms with E-state index in [-0.39, 0.29) is 16.9 Å². The van der Waals surface area contributed by atoms with Gasteiger partial charge in [0.1, 0.15) is 0 Å². The van der Waals surface area contributed by atoms with Crippen molar-refractivity contribution in [3.05, 3.63) is 65.8 Å². The smallest absolute Gasteiger partial charge is 0.257 e. The fourth-order valence-corrected chi connectivity index (χ4v) is 3.73. The molecule has 26 heavy (non-hydrogen) atoms. The lowest BCUT2D eigenvalue weighted by Gasteiger charge is -2.27. The van der Waals surface area contributed by atoms with E-state index in [1.165, 1.54) is 12.3 Å². The molecule has 1 aliphatic heterocycles. The Balaban J connectivity index is 1.67. The normalized spacial score (nSPS) is 14.5. The van der Waals surface area contributed by atoms with Crippen LogP contribution in [0.2, 0.25) is 10.0 Å². The van der Waals surface area contributed by atoms with E-state index in [4.69, 9.17) is 33.4 Å². The number of nitrogens with zero attached hydrogens (tertiary/aromatic N) is 2. The maximum absolute atomic E-state index is 12.8. The predicted molar refractivity (Wildman–Crippen MR) is 99.6 cm³/mol. The van der Waals surface area contributed by atoms with Crippen molar-refractivity contribution < 1.29 is 4.42 Å². The van der Waals surface area contributed by atoms with Gasteiger partial charge in [-0.15, -0.1) is 0 Å². The van der Waals surface area contributed by atoms with E-state index in [0.29, 0.717) is 63.9 Å². The van der Waals surface area contributed by atoms with Crippen LogP contribution in [-0.4, -0.2) is 21.4 Å². The van der Waals surface area contributed by atoms with Gasteiger partial charge in [-0.05, 0) is 12.1 Å². The van der Waals surface area contributed by atoms with E-state index in [0.717, 1.165) is 0 Å². The summed E-state index contributed by atoms with van der Waals surface area (Å²) in [5.74, 6) is 0.117. The van der Waals surface area contributed by atoms with E-state index in [9.17, 15) is 9.59 Å². The summed E-state index contributed by atoms with van der Waals surface area (Å²) in [6, 6.07) is 3.07. The molecule has 3 heterocycles. The van der Waals surface area contributed by atoms with Crippen LogP contribution >= 0.6 is 23.2 Å². The Morgan fingerprint density at radius 3 is 2.92 bits per heavy atom. The number of nitrogens with one attached hydrogen (secondary N) is 1. The third-order valence-corrected chi connectivity index (χ3v) is 4.92. The molecule has 0 saturated carbocycles. The average molecular weight is 393 g/mol. The second-order valence-corrected chi connectivity index (χ2v) is 7.04. The molecule has 4 rings (SSSR count). The number of nitrogen functional groups attached to an aromatic ring is 1. The minimum Gasteiger partial charge on any atom is -0.462 e. The number of rotatable bonds is 2. The number of fused-ring (bicyclic) bond motifs is 2. The van der Waals surface area contributed by atoms with E-state index in [1.807, 2.05) is 4.90 Å². The van der Waals surface area contributed by atoms with Crippen LogP contribution in [0.4, 0.5) is 5.95 Å². The largest absolute Gasteiger partial charge is 0.462 e. The quantitative estimate of drug-likeness (QED) is 0.693. The molecule has 0 atom stereocenters. The SMILES string of the molecule is Nc1nc2c(c(=O)[nH]1)CN(Cc1coc3c(Cl)cc(Cl)cc3c1=O)CC2. The number of aromatic nitrogens is 2. The average Bonchev–Trinajstić information content (AvgIpc) is 2.58. The number of anilines is 1. The van der Waals surface area contributed by atoms with Crippen LogP contribution in [0.1, 0.15) is 16.8 Å². The molecule has 0 spiro atoms. The first-order valence-corrected chi connectivity index (χ1v) is 8.67. The molecule has 2 aromatic heterocycles. The van der Waals surface area contributed by atoms with Crippen LogP contribution in [0.3, 0.4) is 0 Å². The van der Waals surface area contributed by atoms with Crippen LogP contribution in [0.5, 0.6) is 0 Å². The van der Waals surface area contributed by atoms with Crippen molar-refractivity contribution in [2.45, 2.75) is 19.5 Å². The van der Waals surface area contributed by atoms with Gasteiger partial charge in [-0.3, -0.25) is 19.5 Å². The highest BCUT2D eigenvalue weighted by Gasteiger charge is 2.22. The summed E-state index contributed by atoms with van der Waals surface area (Å²) < 4.78 is 5.55. The van der Waals surface area contributed by atoms with Crippen LogP contribution < -0.4 is 16.7 Å². The highest BCUT2D eigenvalue weighted by molar-refractivity contribution is 6.38. The van der Waals surface area contributed by atoms with Crippen molar-refractivity contribution in [1.82, 2.24) is 14.9 Å². The van der Waals surface area contributed by atoms with E-state index >= 15 is 0 Å². The summed E-state index contributed by atoms with van der Waals surface area (Å²) in [5, 5.41) is 0.997. The van der Waals surface area contributed by atoms with Gasteiger partial charge in [-0.2, -0.15) is 0 Å². The Morgan fingerprint density at radius 2 is 2.12 bits per heavy atom. The first-order chi connectivity index (χ1) is 12.4. The van der Waals surface area contributed by atoms with Gasteiger partial charge in [0.2, 0.25) is 5.95 Å². The summed E-state index contributed by atoms with van der Waals surface area (Å²) in [5.41, 5.74) is 7.20. The fraction of sp³-hybridized carbons (Fsp3) is 0.235. The number of hydrogen-bond donors (Lipinski definition) is 2. The molecule has 1 aliphatic rings.